The fraction of sp³-hybridized carbons (Fsp3) is 0.714. The van der Waals surface area contributed by atoms with Crippen LogP contribution in [0.5, 0.6) is 5.75 Å². The van der Waals surface area contributed by atoms with Gasteiger partial charge < -0.3 is 4.74 Å². The van der Waals surface area contributed by atoms with Crippen molar-refractivity contribution in [3.05, 3.63) is 34.4 Å². The molecule has 0 radical (unpaired) electrons. The van der Waals surface area contributed by atoms with Gasteiger partial charge in [-0.05, 0) is 12.1 Å². The third-order valence-electron chi connectivity index (χ3n) is 5.84. The number of hydrogen-bond donors (Lipinski definition) is 1. The van der Waals surface area contributed by atoms with Crippen molar-refractivity contribution in [3.63, 3.8) is 0 Å². The monoisotopic (exact) mass is 748 g/mol. The molecule has 2 atom stereocenters. The topological polar surface area (TPSA) is 170 Å². The number of alkyl halides is 4. The molecule has 1 unspecified atom stereocenters. The SMILES string of the molecule is CCCCCCCCCCOC[C@H](COP(=O)(O)OCC[I-](C)(C)C)OC(=O)CCOC(=O)Oc1ccc([N+](=O)[O-])cc1. The minimum absolute atomic E-state index is 0.0326. The molecule has 13 nitrogen and oxygen atoms in total. The Morgan fingerprint density at radius 3 is 2.16 bits per heavy atom. The Labute approximate surface area is 258 Å². The first-order valence-corrected chi connectivity index (χ1v) is 23.8. The van der Waals surface area contributed by atoms with E-state index in [9.17, 15) is 29.2 Å². The van der Waals surface area contributed by atoms with Crippen LogP contribution in [0.4, 0.5) is 10.5 Å². The summed E-state index contributed by atoms with van der Waals surface area (Å²) < 4.78 is 44.0. The summed E-state index contributed by atoms with van der Waals surface area (Å²) >= 11 is -1.90. The Morgan fingerprint density at radius 1 is 0.930 bits per heavy atom. The van der Waals surface area contributed by atoms with Crippen LogP contribution in [-0.2, 0) is 32.6 Å². The van der Waals surface area contributed by atoms with Gasteiger partial charge >= 0.3 is 154 Å². The number of carbonyl (C=O) groups excluding carboxylic acids is 2. The number of non-ortho nitro benzene ring substituents is 1. The number of unbranched alkanes of at least 4 members (excludes halogenated alkanes) is 7. The zero-order chi connectivity index (χ0) is 32.1. The fourth-order valence-electron chi connectivity index (χ4n) is 3.49. The van der Waals surface area contributed by atoms with Gasteiger partial charge in [-0.2, -0.15) is 0 Å². The van der Waals surface area contributed by atoms with E-state index in [1.54, 1.807) is 0 Å². The summed E-state index contributed by atoms with van der Waals surface area (Å²) in [5.74, 6) is -0.716. The summed E-state index contributed by atoms with van der Waals surface area (Å²) in [6.45, 7) is 1.88. The number of ether oxygens (including phenoxy) is 4. The molecule has 0 fully saturated rings. The number of rotatable bonds is 24. The summed E-state index contributed by atoms with van der Waals surface area (Å²) in [6, 6.07) is 4.81. The molecule has 0 aromatic heterocycles. The molecular formula is C28H48INO12P-. The van der Waals surface area contributed by atoms with Crippen LogP contribution in [0, 0.1) is 10.1 Å². The van der Waals surface area contributed by atoms with E-state index in [1.165, 1.54) is 56.4 Å². The van der Waals surface area contributed by atoms with Crippen LogP contribution in [0.1, 0.15) is 64.7 Å². The first kappa shape index (κ1) is 39.2. The molecule has 0 saturated carbocycles. The number of halogens is 1. The third kappa shape index (κ3) is 21.5. The van der Waals surface area contributed by atoms with Crippen LogP contribution in [0.2, 0.25) is 0 Å². The Bertz CT molecular complexity index is 1000. The molecule has 0 spiro atoms. The van der Waals surface area contributed by atoms with Gasteiger partial charge in [0, 0.05) is 12.1 Å². The molecular weight excluding hydrogens is 700 g/mol. The summed E-state index contributed by atoms with van der Waals surface area (Å²) in [5.41, 5.74) is -0.167. The fourth-order valence-corrected chi connectivity index (χ4v) is 6.13. The van der Waals surface area contributed by atoms with Gasteiger partial charge in [-0.15, -0.1) is 0 Å². The maximum atomic E-state index is 12.4. The van der Waals surface area contributed by atoms with Gasteiger partial charge in [0.25, 0.3) is 5.69 Å². The first-order valence-electron chi connectivity index (χ1n) is 14.3. The molecule has 250 valence electrons. The van der Waals surface area contributed by atoms with E-state index >= 15 is 0 Å². The van der Waals surface area contributed by atoms with E-state index in [1.807, 2.05) is 0 Å². The average Bonchev–Trinajstić information content (AvgIpc) is 2.92. The van der Waals surface area contributed by atoms with E-state index in [0.29, 0.717) is 11.0 Å². The van der Waals surface area contributed by atoms with E-state index in [2.05, 4.69) is 21.7 Å². The predicted octanol–water partition coefficient (Wildman–Crippen LogP) is 2.75. The Hall–Kier alpha value is -1.84. The van der Waals surface area contributed by atoms with Crippen molar-refractivity contribution in [1.29, 1.82) is 0 Å². The van der Waals surface area contributed by atoms with E-state index in [0.717, 1.165) is 19.3 Å². The van der Waals surface area contributed by atoms with Crippen molar-refractivity contribution in [1.82, 2.24) is 0 Å². The minimum Gasteiger partial charge on any atom is -0.395 e. The quantitative estimate of drug-likeness (QED) is 0.0240. The number of esters is 1. The molecule has 0 bridgehead atoms. The smallest absolute Gasteiger partial charge is 0.395 e. The Kier molecular flexibility index (Phi) is 19.9. The van der Waals surface area contributed by atoms with Gasteiger partial charge in [-0.25, -0.2) is 4.79 Å². The van der Waals surface area contributed by atoms with Crippen molar-refractivity contribution in [2.24, 2.45) is 0 Å². The van der Waals surface area contributed by atoms with Gasteiger partial charge in [0.15, 0.2) is 0 Å². The van der Waals surface area contributed by atoms with Crippen molar-refractivity contribution in [2.75, 3.05) is 52.3 Å². The molecule has 0 aliphatic heterocycles. The Balaban J connectivity index is 2.49. The molecule has 1 N–H and O–H groups in total. The number of phosphoric ester groups is 1. The van der Waals surface area contributed by atoms with Crippen molar-refractivity contribution >= 4 is 25.6 Å². The number of nitro benzene ring substituents is 1. The first-order chi connectivity index (χ1) is 20.3. The van der Waals surface area contributed by atoms with Gasteiger partial charge in [-0.3, -0.25) is 10.1 Å². The summed E-state index contributed by atoms with van der Waals surface area (Å²) in [7, 11) is -4.36. The Morgan fingerprint density at radius 2 is 1.56 bits per heavy atom. The minimum atomic E-state index is -4.36. The third-order valence-corrected chi connectivity index (χ3v) is 10.5. The summed E-state index contributed by atoms with van der Waals surface area (Å²) in [4.78, 5) is 50.9. The summed E-state index contributed by atoms with van der Waals surface area (Å²) in [6.07, 6.45) is 6.68. The molecule has 43 heavy (non-hydrogen) atoms. The number of hydrogen-bond acceptors (Lipinski definition) is 11. The van der Waals surface area contributed by atoms with Crippen molar-refractivity contribution in [3.8, 4) is 5.75 Å². The number of nitrogens with zero attached hydrogens (tertiary/aromatic N) is 1. The zero-order valence-corrected chi connectivity index (χ0v) is 28.8. The number of nitro groups is 1. The molecule has 0 heterocycles. The second kappa shape index (κ2) is 21.8. The van der Waals surface area contributed by atoms with E-state index < -0.39 is 56.0 Å². The van der Waals surface area contributed by atoms with Gasteiger partial charge in [0.2, 0.25) is 0 Å². The van der Waals surface area contributed by atoms with Crippen molar-refractivity contribution < 1.29 is 70.4 Å². The van der Waals surface area contributed by atoms with Gasteiger partial charge in [-0.1, -0.05) is 45.4 Å². The van der Waals surface area contributed by atoms with E-state index in [-0.39, 0.29) is 37.7 Å². The molecule has 15 heteroatoms. The van der Waals surface area contributed by atoms with Crippen LogP contribution in [0.25, 0.3) is 0 Å². The summed E-state index contributed by atoms with van der Waals surface area (Å²) in [5, 5.41) is 10.7. The molecule has 0 aliphatic rings. The van der Waals surface area contributed by atoms with Gasteiger partial charge in [0.1, 0.15) is 5.75 Å². The molecule has 0 aliphatic carbocycles. The van der Waals surface area contributed by atoms with Crippen LogP contribution in [0.3, 0.4) is 0 Å². The van der Waals surface area contributed by atoms with Crippen LogP contribution < -0.4 is 23.2 Å². The second-order valence-electron chi connectivity index (χ2n) is 10.6. The zero-order valence-electron chi connectivity index (χ0n) is 25.7. The van der Waals surface area contributed by atoms with Crippen LogP contribution in [0.15, 0.2) is 24.3 Å². The van der Waals surface area contributed by atoms with Gasteiger partial charge in [0.05, 0.1) is 4.92 Å². The molecule has 1 aromatic carbocycles. The number of carbonyl (C=O) groups is 2. The van der Waals surface area contributed by atoms with Crippen LogP contribution in [-0.4, -0.2) is 80.3 Å². The maximum absolute atomic E-state index is 12.4. The molecule has 0 amide bonds. The predicted molar refractivity (Wildman–Crippen MR) is 157 cm³/mol. The van der Waals surface area contributed by atoms with Crippen molar-refractivity contribution in [2.45, 2.75) is 70.8 Å². The number of phosphoric acid groups is 1. The molecule has 1 rings (SSSR count). The normalized spacial score (nSPS) is 14.0. The van der Waals surface area contributed by atoms with E-state index in [4.69, 9.17) is 28.0 Å². The van der Waals surface area contributed by atoms with Crippen LogP contribution >= 0.6 is 7.82 Å². The number of benzene rings is 1. The molecule has 1 aromatic rings. The average molecular weight is 749 g/mol. The second-order valence-corrected chi connectivity index (χ2v) is 24.2. The standard InChI is InChI=1S/C28H48INO12P/c1-5-6-7-8-9-10-11-12-19-37-22-26(23-40-43(35,36)39-21-18-29(2,3)4)41-27(31)17-20-38-28(32)42-25-15-13-24(14-16-25)30(33)34/h13-16,26H,5-12,17-23H2,1-4H3,(H,35,36)/q-1/t26-/m1/s1. The molecule has 0 saturated heterocycles.